The monoisotopic (exact) mass is 392 g/mol. The fourth-order valence-corrected chi connectivity index (χ4v) is 2.18. The maximum Gasteiger partial charge on any atom is 0.291 e. The molecule has 0 atom stereocenters. The lowest BCUT2D eigenvalue weighted by atomic mass is 10.2. The first kappa shape index (κ1) is 18.0. The third kappa shape index (κ3) is 5.36. The third-order valence-corrected chi connectivity index (χ3v) is 3.45. The molecule has 0 aliphatic rings. The number of hydrogen-bond acceptors (Lipinski definition) is 4. The highest BCUT2D eigenvalue weighted by Gasteiger charge is 2.16. The summed E-state index contributed by atoms with van der Waals surface area (Å²) in [5.41, 5.74) is 0.863. The van der Waals surface area contributed by atoms with E-state index in [1.54, 1.807) is 12.1 Å². The first-order chi connectivity index (χ1) is 11.6. The van der Waals surface area contributed by atoms with E-state index in [0.29, 0.717) is 17.6 Å². The van der Waals surface area contributed by atoms with Crippen molar-refractivity contribution in [1.82, 2.24) is 10.6 Å². The van der Waals surface area contributed by atoms with Gasteiger partial charge in [0, 0.05) is 13.2 Å². The average Bonchev–Trinajstić information content (AvgIpc) is 3.02. The van der Waals surface area contributed by atoms with Crippen LogP contribution in [0.2, 0.25) is 0 Å². The molecule has 1 heterocycles. The lowest BCUT2D eigenvalue weighted by molar-refractivity contribution is -0.117. The van der Waals surface area contributed by atoms with Crippen molar-refractivity contribution in [2.75, 3.05) is 13.2 Å². The van der Waals surface area contributed by atoms with E-state index in [2.05, 4.69) is 26.6 Å². The molecule has 3 N–H and O–H groups in total. The number of halogens is 1. The number of nitrogens with one attached hydrogen (secondary N) is 2. The maximum absolute atomic E-state index is 12.3. The summed E-state index contributed by atoms with van der Waals surface area (Å²) in [6, 6.07) is 12.3. The van der Waals surface area contributed by atoms with E-state index < -0.39 is 11.8 Å². The average molecular weight is 393 g/mol. The molecule has 0 radical (unpaired) electrons. The SMILES string of the molecule is O=C(NCCCO)C(=Cc1ccccc1)NC(=O)c1ccc(Br)o1. The summed E-state index contributed by atoms with van der Waals surface area (Å²) in [7, 11) is 0. The molecular formula is C17H17BrN2O4. The number of aliphatic hydroxyl groups is 1. The van der Waals surface area contributed by atoms with Gasteiger partial charge in [0.05, 0.1) is 0 Å². The Bertz CT molecular complexity index is 725. The normalized spacial score (nSPS) is 11.2. The number of furan rings is 1. The highest BCUT2D eigenvalue weighted by Crippen LogP contribution is 2.14. The van der Waals surface area contributed by atoms with Crippen LogP contribution < -0.4 is 10.6 Å². The van der Waals surface area contributed by atoms with Crippen molar-refractivity contribution >= 4 is 33.8 Å². The van der Waals surface area contributed by atoms with Crippen LogP contribution in [0.1, 0.15) is 22.5 Å². The van der Waals surface area contributed by atoms with Gasteiger partial charge < -0.3 is 20.2 Å². The van der Waals surface area contributed by atoms with Crippen LogP contribution in [0.5, 0.6) is 0 Å². The first-order valence-electron chi connectivity index (χ1n) is 7.32. The van der Waals surface area contributed by atoms with E-state index in [1.165, 1.54) is 6.07 Å². The van der Waals surface area contributed by atoms with Gasteiger partial charge in [-0.3, -0.25) is 9.59 Å². The molecule has 1 aromatic heterocycles. The zero-order valence-corrected chi connectivity index (χ0v) is 14.4. The summed E-state index contributed by atoms with van der Waals surface area (Å²) in [5, 5.41) is 14.0. The number of carbonyl (C=O) groups excluding carboxylic acids is 2. The van der Waals surface area contributed by atoms with Gasteiger partial charge in [-0.2, -0.15) is 0 Å². The Morgan fingerprint density at radius 3 is 2.54 bits per heavy atom. The summed E-state index contributed by atoms with van der Waals surface area (Å²) >= 11 is 3.13. The molecule has 0 aliphatic carbocycles. The molecule has 0 unspecified atom stereocenters. The van der Waals surface area contributed by atoms with Crippen molar-refractivity contribution in [3.63, 3.8) is 0 Å². The number of aliphatic hydroxyl groups excluding tert-OH is 1. The highest BCUT2D eigenvalue weighted by molar-refractivity contribution is 9.10. The molecule has 0 bridgehead atoms. The summed E-state index contributed by atoms with van der Waals surface area (Å²) in [6.07, 6.45) is 2.01. The summed E-state index contributed by atoms with van der Waals surface area (Å²) < 4.78 is 5.61. The van der Waals surface area contributed by atoms with Crippen LogP contribution in [-0.2, 0) is 4.79 Å². The van der Waals surface area contributed by atoms with E-state index in [1.807, 2.05) is 30.3 Å². The Labute approximate surface area is 147 Å². The molecule has 0 aliphatic heterocycles. The van der Waals surface area contributed by atoms with Gasteiger partial charge in [-0.05, 0) is 46.1 Å². The number of amides is 2. The third-order valence-electron chi connectivity index (χ3n) is 3.02. The number of benzene rings is 1. The Kier molecular flexibility index (Phi) is 6.77. The molecule has 2 rings (SSSR count). The van der Waals surface area contributed by atoms with Gasteiger partial charge >= 0.3 is 0 Å². The second-order valence-electron chi connectivity index (χ2n) is 4.86. The quantitative estimate of drug-likeness (QED) is 0.497. The van der Waals surface area contributed by atoms with Crippen LogP contribution in [0.4, 0.5) is 0 Å². The van der Waals surface area contributed by atoms with Gasteiger partial charge in [0.2, 0.25) is 0 Å². The fourth-order valence-electron chi connectivity index (χ4n) is 1.87. The van der Waals surface area contributed by atoms with Crippen LogP contribution in [0, 0.1) is 0 Å². The predicted octanol–water partition coefficient (Wildman–Crippen LogP) is 2.31. The molecule has 0 fully saturated rings. The lowest BCUT2D eigenvalue weighted by Gasteiger charge is -2.10. The van der Waals surface area contributed by atoms with Gasteiger partial charge in [0.25, 0.3) is 11.8 Å². The zero-order valence-electron chi connectivity index (χ0n) is 12.8. The van der Waals surface area contributed by atoms with Crippen LogP contribution in [0.3, 0.4) is 0 Å². The Morgan fingerprint density at radius 1 is 1.17 bits per heavy atom. The summed E-state index contributed by atoms with van der Waals surface area (Å²) in [5.74, 6) is -0.879. The van der Waals surface area contributed by atoms with Crippen LogP contribution in [-0.4, -0.2) is 30.1 Å². The lowest BCUT2D eigenvalue weighted by Crippen LogP contribution is -2.35. The molecule has 2 aromatic rings. The summed E-state index contributed by atoms with van der Waals surface area (Å²) in [6.45, 7) is 0.286. The number of carbonyl (C=O) groups is 2. The second kappa shape index (κ2) is 9.05. The van der Waals surface area contributed by atoms with Gasteiger partial charge in [-0.25, -0.2) is 0 Å². The molecule has 126 valence electrons. The fraction of sp³-hybridized carbons (Fsp3) is 0.176. The van der Waals surface area contributed by atoms with Gasteiger partial charge in [0.1, 0.15) is 5.70 Å². The minimum absolute atomic E-state index is 0.0230. The van der Waals surface area contributed by atoms with Crippen LogP contribution in [0.25, 0.3) is 6.08 Å². The Balaban J connectivity index is 2.17. The smallest absolute Gasteiger partial charge is 0.291 e. The van der Waals surface area contributed by atoms with Crippen molar-refractivity contribution < 1.29 is 19.1 Å². The van der Waals surface area contributed by atoms with Crippen molar-refractivity contribution in [3.05, 3.63) is 64.2 Å². The topological polar surface area (TPSA) is 91.6 Å². The molecule has 0 saturated carbocycles. The Morgan fingerprint density at radius 2 is 1.92 bits per heavy atom. The van der Waals surface area contributed by atoms with E-state index in [-0.39, 0.29) is 18.1 Å². The summed E-state index contributed by atoms with van der Waals surface area (Å²) in [4.78, 5) is 24.5. The van der Waals surface area contributed by atoms with E-state index in [9.17, 15) is 9.59 Å². The zero-order chi connectivity index (χ0) is 17.4. The van der Waals surface area contributed by atoms with E-state index in [0.717, 1.165) is 5.56 Å². The van der Waals surface area contributed by atoms with Crippen molar-refractivity contribution in [2.45, 2.75) is 6.42 Å². The molecule has 1 aromatic carbocycles. The van der Waals surface area contributed by atoms with Crippen molar-refractivity contribution in [2.24, 2.45) is 0 Å². The minimum Gasteiger partial charge on any atom is -0.444 e. The first-order valence-corrected chi connectivity index (χ1v) is 8.12. The maximum atomic E-state index is 12.3. The van der Waals surface area contributed by atoms with Gasteiger partial charge in [-0.15, -0.1) is 0 Å². The van der Waals surface area contributed by atoms with Gasteiger partial charge in [0.15, 0.2) is 10.4 Å². The predicted molar refractivity (Wildman–Crippen MR) is 93.0 cm³/mol. The second-order valence-corrected chi connectivity index (χ2v) is 5.64. The number of hydrogen-bond donors (Lipinski definition) is 3. The van der Waals surface area contributed by atoms with Crippen molar-refractivity contribution in [3.8, 4) is 0 Å². The molecule has 2 amide bonds. The number of rotatable bonds is 7. The highest BCUT2D eigenvalue weighted by atomic mass is 79.9. The van der Waals surface area contributed by atoms with Crippen LogP contribution in [0.15, 0.2) is 57.2 Å². The molecule has 0 spiro atoms. The van der Waals surface area contributed by atoms with Crippen LogP contribution >= 0.6 is 15.9 Å². The largest absolute Gasteiger partial charge is 0.444 e. The minimum atomic E-state index is -0.528. The standard InChI is InChI=1S/C17H17BrN2O4/c18-15-8-7-14(24-15)17(23)20-13(16(22)19-9-4-10-21)11-12-5-2-1-3-6-12/h1-3,5-8,11,21H,4,9-10H2,(H,19,22)(H,20,23). The van der Waals surface area contributed by atoms with Gasteiger partial charge in [-0.1, -0.05) is 30.3 Å². The molecule has 7 heteroatoms. The molecule has 24 heavy (non-hydrogen) atoms. The van der Waals surface area contributed by atoms with E-state index in [4.69, 9.17) is 9.52 Å². The molecular weight excluding hydrogens is 376 g/mol. The Hall–Kier alpha value is -2.38. The molecule has 0 saturated heterocycles. The van der Waals surface area contributed by atoms with E-state index >= 15 is 0 Å². The van der Waals surface area contributed by atoms with Crippen molar-refractivity contribution in [1.29, 1.82) is 0 Å². The molecule has 6 nitrogen and oxygen atoms in total.